The molecular formula is C26H17ClF2N6O3. The van der Waals surface area contributed by atoms with Crippen LogP contribution in [0.25, 0.3) is 16.9 Å². The number of hydrogen-bond acceptors (Lipinski definition) is 6. The Morgan fingerprint density at radius 3 is 2.53 bits per heavy atom. The number of nitrogens with zero attached hydrogens (tertiary/aromatic N) is 4. The average Bonchev–Trinajstić information content (AvgIpc) is 3.59. The largest absolute Gasteiger partial charge is 0.451 e. The lowest BCUT2D eigenvalue weighted by atomic mass is 10.1. The van der Waals surface area contributed by atoms with E-state index < -0.39 is 23.4 Å². The summed E-state index contributed by atoms with van der Waals surface area (Å²) in [5, 5.41) is 9.46. The maximum atomic E-state index is 14.6. The molecule has 0 saturated carbocycles. The molecule has 2 amide bonds. The number of hydrogen-bond donors (Lipinski definition) is 2. The van der Waals surface area contributed by atoms with Gasteiger partial charge < -0.3 is 15.1 Å². The number of oxazole rings is 1. The Balaban J connectivity index is 1.47. The number of halogens is 3. The molecule has 3 aromatic heterocycles. The minimum atomic E-state index is -0.843. The Bertz CT molecular complexity index is 1620. The van der Waals surface area contributed by atoms with Crippen molar-refractivity contribution in [1.29, 1.82) is 0 Å². The van der Waals surface area contributed by atoms with Gasteiger partial charge in [0.1, 0.15) is 29.4 Å². The molecule has 38 heavy (non-hydrogen) atoms. The van der Waals surface area contributed by atoms with E-state index in [9.17, 15) is 18.4 Å². The molecule has 190 valence electrons. The smallest absolute Gasteiger partial charge is 0.272 e. The quantitative estimate of drug-likeness (QED) is 0.302. The van der Waals surface area contributed by atoms with Crippen LogP contribution in [0.15, 0.2) is 83.9 Å². The highest BCUT2D eigenvalue weighted by Crippen LogP contribution is 2.30. The molecule has 0 unspecified atom stereocenters. The van der Waals surface area contributed by atoms with Crippen LogP contribution in [0.2, 0.25) is 5.02 Å². The molecule has 9 nitrogen and oxygen atoms in total. The fraction of sp³-hybridized carbons (Fsp3) is 0.0385. The van der Waals surface area contributed by atoms with Gasteiger partial charge in [0.25, 0.3) is 11.8 Å². The molecule has 0 fully saturated rings. The highest BCUT2D eigenvalue weighted by atomic mass is 35.5. The summed E-state index contributed by atoms with van der Waals surface area (Å²) in [5.74, 6) is -2.73. The third-order valence-electron chi connectivity index (χ3n) is 5.41. The summed E-state index contributed by atoms with van der Waals surface area (Å²) in [6.45, 7) is 0.104. The molecule has 5 rings (SSSR count). The summed E-state index contributed by atoms with van der Waals surface area (Å²) in [4.78, 5) is 33.8. The SMILES string of the molecule is O=C(NCc1cocn1)c1cc(NC(=O)c2cc(-c3ncccc3F)c(F)cc2Cl)n(-c2ccccc2)n1. The number of benzene rings is 2. The van der Waals surface area contributed by atoms with Gasteiger partial charge in [-0.25, -0.2) is 18.4 Å². The van der Waals surface area contributed by atoms with Gasteiger partial charge in [-0.05, 0) is 36.4 Å². The first-order valence-corrected chi connectivity index (χ1v) is 11.5. The lowest BCUT2D eigenvalue weighted by molar-refractivity contribution is 0.0944. The van der Waals surface area contributed by atoms with Crippen molar-refractivity contribution in [3.05, 3.63) is 113 Å². The number of pyridine rings is 1. The molecule has 12 heteroatoms. The van der Waals surface area contributed by atoms with Crippen molar-refractivity contribution in [1.82, 2.24) is 25.1 Å². The Kier molecular flexibility index (Phi) is 6.92. The number of amides is 2. The molecule has 2 N–H and O–H groups in total. The van der Waals surface area contributed by atoms with Crippen LogP contribution >= 0.6 is 11.6 Å². The molecule has 0 spiro atoms. The zero-order valence-corrected chi connectivity index (χ0v) is 20.1. The molecule has 2 aromatic carbocycles. The fourth-order valence-electron chi connectivity index (χ4n) is 3.61. The zero-order valence-electron chi connectivity index (χ0n) is 19.4. The van der Waals surface area contributed by atoms with Gasteiger partial charge in [-0.3, -0.25) is 14.6 Å². The van der Waals surface area contributed by atoms with E-state index in [0.717, 1.165) is 18.2 Å². The van der Waals surface area contributed by atoms with Crippen LogP contribution < -0.4 is 10.6 Å². The van der Waals surface area contributed by atoms with Crippen LogP contribution in [0.3, 0.4) is 0 Å². The lowest BCUT2D eigenvalue weighted by Gasteiger charge is -2.11. The highest BCUT2D eigenvalue weighted by Gasteiger charge is 2.22. The summed E-state index contributed by atoms with van der Waals surface area (Å²) >= 11 is 6.18. The average molecular weight is 535 g/mol. The van der Waals surface area contributed by atoms with Crippen LogP contribution in [0.1, 0.15) is 26.5 Å². The molecule has 3 heterocycles. The number of carbonyl (C=O) groups is 2. The molecule has 0 aliphatic carbocycles. The van der Waals surface area contributed by atoms with Crippen molar-refractivity contribution < 1.29 is 22.8 Å². The molecule has 5 aromatic rings. The minimum Gasteiger partial charge on any atom is -0.451 e. The van der Waals surface area contributed by atoms with Gasteiger partial charge in [-0.15, -0.1) is 0 Å². The molecule has 0 aliphatic heterocycles. The third kappa shape index (κ3) is 5.13. The van der Waals surface area contributed by atoms with Crippen LogP contribution in [0, 0.1) is 11.6 Å². The second-order valence-electron chi connectivity index (χ2n) is 7.92. The molecular weight excluding hydrogens is 518 g/mol. The monoisotopic (exact) mass is 534 g/mol. The number of nitrogens with one attached hydrogen (secondary N) is 2. The van der Waals surface area contributed by atoms with E-state index in [-0.39, 0.29) is 39.9 Å². The van der Waals surface area contributed by atoms with Crippen LogP contribution in [-0.4, -0.2) is 31.6 Å². The molecule has 0 atom stereocenters. The van der Waals surface area contributed by atoms with Crippen LogP contribution in [0.4, 0.5) is 14.6 Å². The number of aromatic nitrogens is 4. The van der Waals surface area contributed by atoms with Crippen molar-refractivity contribution in [3.63, 3.8) is 0 Å². The second-order valence-corrected chi connectivity index (χ2v) is 8.33. The van der Waals surface area contributed by atoms with Gasteiger partial charge >= 0.3 is 0 Å². The molecule has 0 radical (unpaired) electrons. The Labute approximate surface area is 219 Å². The second kappa shape index (κ2) is 10.6. The van der Waals surface area contributed by atoms with Gasteiger partial charge in [-0.2, -0.15) is 5.10 Å². The number of para-hydroxylation sites is 1. The maximum absolute atomic E-state index is 14.6. The van der Waals surface area contributed by atoms with Gasteiger partial charge in [0.2, 0.25) is 0 Å². The van der Waals surface area contributed by atoms with Gasteiger partial charge in [0, 0.05) is 17.8 Å². The van der Waals surface area contributed by atoms with E-state index in [2.05, 4.69) is 25.7 Å². The Morgan fingerprint density at radius 1 is 0.974 bits per heavy atom. The van der Waals surface area contributed by atoms with Crippen molar-refractivity contribution in [2.24, 2.45) is 0 Å². The fourth-order valence-corrected chi connectivity index (χ4v) is 3.84. The first-order valence-electron chi connectivity index (χ1n) is 11.1. The van der Waals surface area contributed by atoms with Crippen LogP contribution in [0.5, 0.6) is 0 Å². The standard InChI is InChI=1S/C26H17ClF2N6O3/c27-19-10-21(29)18(24-20(28)7-4-8-30-24)9-17(19)25(36)33-23-11-22(26(37)31-12-15-13-38-14-32-15)34-35(23)16-5-2-1-3-6-16/h1-11,13-14H,12H2,(H,31,37)(H,33,36). The molecule has 0 saturated heterocycles. The van der Waals surface area contributed by atoms with E-state index >= 15 is 0 Å². The predicted molar refractivity (Wildman–Crippen MR) is 134 cm³/mol. The Morgan fingerprint density at radius 2 is 1.79 bits per heavy atom. The lowest BCUT2D eigenvalue weighted by Crippen LogP contribution is -2.23. The predicted octanol–water partition coefficient (Wildman–Crippen LogP) is 5.04. The van der Waals surface area contributed by atoms with E-state index in [0.29, 0.717) is 11.4 Å². The van der Waals surface area contributed by atoms with E-state index in [1.807, 2.05) is 0 Å². The normalized spacial score (nSPS) is 10.8. The van der Waals surface area contributed by atoms with E-state index in [4.69, 9.17) is 16.0 Å². The first-order chi connectivity index (χ1) is 18.4. The minimum absolute atomic E-state index is 0.00842. The summed E-state index contributed by atoms with van der Waals surface area (Å²) in [5.41, 5.74) is 0.443. The van der Waals surface area contributed by atoms with Crippen molar-refractivity contribution in [2.45, 2.75) is 6.54 Å². The maximum Gasteiger partial charge on any atom is 0.272 e. The topological polar surface area (TPSA) is 115 Å². The van der Waals surface area contributed by atoms with Crippen molar-refractivity contribution in [2.75, 3.05) is 5.32 Å². The Hall–Kier alpha value is -4.90. The van der Waals surface area contributed by atoms with Gasteiger partial charge in [0.05, 0.1) is 28.5 Å². The summed E-state index contributed by atoms with van der Waals surface area (Å²) in [7, 11) is 0. The number of carbonyl (C=O) groups excluding carboxylic acids is 2. The summed E-state index contributed by atoms with van der Waals surface area (Å²) in [6, 6.07) is 14.7. The number of anilines is 1. The number of rotatable bonds is 7. The third-order valence-corrected chi connectivity index (χ3v) is 5.73. The van der Waals surface area contributed by atoms with Crippen molar-refractivity contribution >= 4 is 29.2 Å². The van der Waals surface area contributed by atoms with E-state index in [1.165, 1.54) is 35.7 Å². The van der Waals surface area contributed by atoms with Gasteiger partial charge in [0.15, 0.2) is 12.1 Å². The molecule has 0 aliphatic rings. The summed E-state index contributed by atoms with van der Waals surface area (Å²) < 4.78 is 35.2. The first kappa shape index (κ1) is 24.8. The molecule has 0 bridgehead atoms. The zero-order chi connectivity index (χ0) is 26.6. The van der Waals surface area contributed by atoms with Gasteiger partial charge in [-0.1, -0.05) is 29.8 Å². The van der Waals surface area contributed by atoms with E-state index in [1.54, 1.807) is 30.3 Å². The summed E-state index contributed by atoms with van der Waals surface area (Å²) in [6.07, 6.45) is 3.94. The highest BCUT2D eigenvalue weighted by molar-refractivity contribution is 6.34. The van der Waals surface area contributed by atoms with Crippen LogP contribution in [-0.2, 0) is 6.54 Å². The van der Waals surface area contributed by atoms with Crippen molar-refractivity contribution in [3.8, 4) is 16.9 Å².